The maximum absolute atomic E-state index is 12.6. The summed E-state index contributed by atoms with van der Waals surface area (Å²) in [6, 6.07) is 12.8. The van der Waals surface area contributed by atoms with E-state index in [9.17, 15) is 20.4 Å². The van der Waals surface area contributed by atoms with Gasteiger partial charge < -0.3 is 20.4 Å². The van der Waals surface area contributed by atoms with Gasteiger partial charge in [0.1, 0.15) is 23.0 Å². The van der Waals surface area contributed by atoms with E-state index in [1.165, 1.54) is 5.56 Å². The zero-order chi connectivity index (χ0) is 43.8. The molecule has 0 heterocycles. The van der Waals surface area contributed by atoms with E-state index in [2.05, 4.69) is 175 Å². The van der Waals surface area contributed by atoms with E-state index < -0.39 is 0 Å². The Morgan fingerprint density at radius 1 is 0.298 bits per heavy atom. The van der Waals surface area contributed by atoms with Crippen molar-refractivity contribution in [1.29, 1.82) is 0 Å². The van der Waals surface area contributed by atoms with Gasteiger partial charge in [0, 0.05) is 24.0 Å². The van der Waals surface area contributed by atoms with Crippen LogP contribution in [0.3, 0.4) is 0 Å². The molecule has 0 saturated heterocycles. The molecule has 4 aromatic rings. The van der Waals surface area contributed by atoms with Crippen LogP contribution in [0.15, 0.2) is 36.4 Å². The highest BCUT2D eigenvalue weighted by Crippen LogP contribution is 2.46. The molecule has 0 saturated carbocycles. The fourth-order valence-corrected chi connectivity index (χ4v) is 8.31. The topological polar surface area (TPSA) is 80.9 Å². The van der Waals surface area contributed by atoms with Crippen molar-refractivity contribution >= 4 is 0 Å². The minimum atomic E-state index is -0.288. The van der Waals surface area contributed by atoms with Crippen LogP contribution < -0.4 is 0 Å². The Labute approximate surface area is 346 Å². The molecule has 0 aliphatic heterocycles. The molecule has 4 rings (SSSR count). The molecule has 0 fully saturated rings. The Morgan fingerprint density at radius 2 is 0.474 bits per heavy atom. The number of aromatic hydroxyl groups is 4. The fraction of sp³-hybridized carbons (Fsp3) is 0.547. The largest absolute Gasteiger partial charge is 0.507 e. The van der Waals surface area contributed by atoms with Gasteiger partial charge in [-0.25, -0.2) is 0 Å². The second-order valence-corrected chi connectivity index (χ2v) is 23.2. The van der Waals surface area contributed by atoms with Crippen LogP contribution in [0.5, 0.6) is 23.0 Å². The smallest absolute Gasteiger partial charge is 0.123 e. The van der Waals surface area contributed by atoms with Crippen molar-refractivity contribution < 1.29 is 20.4 Å². The van der Waals surface area contributed by atoms with Crippen molar-refractivity contribution in [2.75, 3.05) is 0 Å². The first-order chi connectivity index (χ1) is 25.5. The standard InChI is InChI=1S/C53H76O4/c1-30-35(21-32-24-38(48(3,4)5)45(55)39(25-32)49(6,7)8)31(2)37(23-34-28-42(52(15,16)17)47(57)43(29-34)53(18,19)20)44(54)36(30)22-33-26-40(50(9,10)11)46(56)41(27-33)51(12,13)14/h24-29,54-57H,21-23H2,1-20H3. The molecule has 4 aromatic carbocycles. The Hall–Kier alpha value is -3.92. The first-order valence-corrected chi connectivity index (χ1v) is 21.0. The van der Waals surface area contributed by atoms with E-state index in [0.29, 0.717) is 42.3 Å². The zero-order valence-electron chi connectivity index (χ0n) is 39.4. The maximum atomic E-state index is 12.6. The van der Waals surface area contributed by atoms with Crippen LogP contribution in [-0.2, 0) is 51.8 Å². The van der Waals surface area contributed by atoms with E-state index in [1.807, 2.05) is 0 Å². The summed E-state index contributed by atoms with van der Waals surface area (Å²) in [7, 11) is 0. The molecule has 312 valence electrons. The lowest BCUT2D eigenvalue weighted by atomic mass is 9.76. The van der Waals surface area contributed by atoms with Gasteiger partial charge in [-0.15, -0.1) is 0 Å². The molecule has 0 bridgehead atoms. The van der Waals surface area contributed by atoms with Crippen LogP contribution in [0.1, 0.15) is 203 Å². The van der Waals surface area contributed by atoms with Gasteiger partial charge in [-0.05, 0) is 120 Å². The molecule has 0 spiro atoms. The van der Waals surface area contributed by atoms with Crippen LogP contribution in [0, 0.1) is 13.8 Å². The first-order valence-electron chi connectivity index (χ1n) is 21.0. The van der Waals surface area contributed by atoms with Crippen molar-refractivity contribution in [3.63, 3.8) is 0 Å². The summed E-state index contributed by atoms with van der Waals surface area (Å²) >= 11 is 0. The summed E-state index contributed by atoms with van der Waals surface area (Å²) in [6.07, 6.45) is 1.63. The normalized spacial score (nSPS) is 13.4. The molecule has 0 radical (unpaired) electrons. The fourth-order valence-electron chi connectivity index (χ4n) is 8.31. The van der Waals surface area contributed by atoms with Gasteiger partial charge in [-0.2, -0.15) is 0 Å². The molecule has 0 unspecified atom stereocenters. The monoisotopic (exact) mass is 777 g/mol. The number of phenols is 4. The van der Waals surface area contributed by atoms with E-state index in [0.717, 1.165) is 72.3 Å². The summed E-state index contributed by atoms with van der Waals surface area (Å²) in [5, 5.41) is 47.4. The SMILES string of the molecule is Cc1c(Cc2cc(C(C)(C)C)c(O)c(C(C)(C)C)c2)c(C)c(Cc2cc(C(C)(C)C)c(O)c(C(C)(C)C)c2)c(O)c1Cc1cc(C(C)(C)C)c(O)c(C(C)(C)C)c1. The maximum Gasteiger partial charge on any atom is 0.123 e. The van der Waals surface area contributed by atoms with Gasteiger partial charge >= 0.3 is 0 Å². The molecule has 0 aliphatic rings. The van der Waals surface area contributed by atoms with E-state index in [4.69, 9.17) is 0 Å². The van der Waals surface area contributed by atoms with Gasteiger partial charge in [0.25, 0.3) is 0 Å². The van der Waals surface area contributed by atoms with Crippen molar-refractivity contribution in [1.82, 2.24) is 0 Å². The molecular formula is C53H76O4. The van der Waals surface area contributed by atoms with Gasteiger partial charge in [0.2, 0.25) is 0 Å². The lowest BCUT2D eigenvalue weighted by Crippen LogP contribution is -2.18. The molecule has 0 amide bonds. The third-order valence-electron chi connectivity index (χ3n) is 11.9. The second kappa shape index (κ2) is 15.0. The third kappa shape index (κ3) is 9.69. The van der Waals surface area contributed by atoms with Crippen LogP contribution in [0.2, 0.25) is 0 Å². The molecular weight excluding hydrogens is 701 g/mol. The summed E-state index contributed by atoms with van der Waals surface area (Å²) in [5.41, 5.74) is 12.0. The van der Waals surface area contributed by atoms with Crippen molar-refractivity contribution in [2.24, 2.45) is 0 Å². The van der Waals surface area contributed by atoms with E-state index in [-0.39, 0.29) is 32.5 Å². The minimum absolute atomic E-state index is 0.266. The Morgan fingerprint density at radius 3 is 0.649 bits per heavy atom. The molecule has 4 N–H and O–H groups in total. The number of hydrogen-bond acceptors (Lipinski definition) is 4. The third-order valence-corrected chi connectivity index (χ3v) is 11.9. The van der Waals surface area contributed by atoms with Crippen LogP contribution in [0.25, 0.3) is 0 Å². The predicted molar refractivity (Wildman–Crippen MR) is 243 cm³/mol. The van der Waals surface area contributed by atoms with Crippen molar-refractivity contribution in [3.8, 4) is 23.0 Å². The average molecular weight is 777 g/mol. The Kier molecular flexibility index (Phi) is 12.1. The number of hydrogen-bond donors (Lipinski definition) is 4. The molecule has 4 heteroatoms. The van der Waals surface area contributed by atoms with Gasteiger partial charge in [-0.3, -0.25) is 0 Å². The lowest BCUT2D eigenvalue weighted by molar-refractivity contribution is 0.422. The van der Waals surface area contributed by atoms with E-state index in [1.54, 1.807) is 0 Å². The van der Waals surface area contributed by atoms with Crippen LogP contribution >= 0.6 is 0 Å². The first kappa shape index (κ1) is 45.8. The number of benzene rings is 4. The molecule has 4 nitrogen and oxygen atoms in total. The number of rotatable bonds is 6. The summed E-state index contributed by atoms with van der Waals surface area (Å²) in [5.74, 6) is 1.36. The summed E-state index contributed by atoms with van der Waals surface area (Å²) in [6.45, 7) is 42.8. The van der Waals surface area contributed by atoms with Crippen LogP contribution in [-0.4, -0.2) is 20.4 Å². The van der Waals surface area contributed by atoms with Gasteiger partial charge in [0.05, 0.1) is 0 Å². The quantitative estimate of drug-likeness (QED) is 0.157. The molecule has 57 heavy (non-hydrogen) atoms. The minimum Gasteiger partial charge on any atom is -0.507 e. The molecule has 0 aromatic heterocycles. The summed E-state index contributed by atoms with van der Waals surface area (Å²) < 4.78 is 0. The highest BCUT2D eigenvalue weighted by molar-refractivity contribution is 5.61. The van der Waals surface area contributed by atoms with Crippen molar-refractivity contribution in [3.05, 3.63) is 114 Å². The van der Waals surface area contributed by atoms with Crippen LogP contribution in [0.4, 0.5) is 0 Å². The summed E-state index contributed by atoms with van der Waals surface area (Å²) in [4.78, 5) is 0. The van der Waals surface area contributed by atoms with Crippen molar-refractivity contribution in [2.45, 2.75) is 190 Å². The number of phenolic OH excluding ortho intramolecular Hbond substituents is 4. The average Bonchev–Trinajstić information content (AvgIpc) is 3.02. The highest BCUT2D eigenvalue weighted by Gasteiger charge is 2.31. The Balaban J connectivity index is 2.10. The zero-order valence-corrected chi connectivity index (χ0v) is 39.4. The molecule has 0 atom stereocenters. The predicted octanol–water partition coefficient (Wildman–Crippen LogP) is 13.7. The van der Waals surface area contributed by atoms with Gasteiger partial charge in [0.15, 0.2) is 0 Å². The second-order valence-electron chi connectivity index (χ2n) is 23.2. The lowest BCUT2D eigenvalue weighted by Gasteiger charge is -2.30. The Bertz CT molecular complexity index is 1780. The van der Waals surface area contributed by atoms with E-state index >= 15 is 0 Å². The highest BCUT2D eigenvalue weighted by atomic mass is 16.3. The molecule has 0 aliphatic carbocycles. The van der Waals surface area contributed by atoms with Gasteiger partial charge in [-0.1, -0.05) is 161 Å².